The molecule has 1 amide bonds. The van der Waals surface area contributed by atoms with Crippen LogP contribution in [0.2, 0.25) is 0 Å². The molecule has 1 fully saturated rings. The van der Waals surface area contributed by atoms with Crippen molar-refractivity contribution in [2.24, 2.45) is 5.84 Å². The average Bonchev–Trinajstić information content (AvgIpc) is 2.70. The lowest BCUT2D eigenvalue weighted by atomic mass is 9.78. The zero-order chi connectivity index (χ0) is 17.6. The van der Waals surface area contributed by atoms with Gasteiger partial charge in [0.15, 0.2) is 0 Å². The number of phenolic OH excluding ortho intramolecular Hbond substituents is 1. The Morgan fingerprint density at radius 2 is 1.61 bits per heavy atom. The maximum absolute atomic E-state index is 12.0. The first-order valence-corrected chi connectivity index (χ1v) is 8.69. The fraction of sp³-hybridized carbons (Fsp3) is 0.500. The number of hydrogen-bond donors (Lipinski definition) is 2. The molecule has 1 aromatic carbocycles. The largest absolute Gasteiger partial charge is 0.507 e. The molecule has 1 aliphatic rings. The average molecular weight is 334 g/mol. The van der Waals surface area contributed by atoms with Crippen LogP contribution >= 0.6 is 11.8 Å². The van der Waals surface area contributed by atoms with Gasteiger partial charge in [0, 0.05) is 11.1 Å². The molecule has 0 bridgehead atoms. The predicted octanol–water partition coefficient (Wildman–Crippen LogP) is 3.73. The molecule has 5 heteroatoms. The molecule has 0 unspecified atom stereocenters. The summed E-state index contributed by atoms with van der Waals surface area (Å²) in [6, 6.07) is 3.93. The van der Waals surface area contributed by atoms with Crippen LogP contribution in [-0.4, -0.2) is 21.9 Å². The molecule has 0 aromatic heterocycles. The van der Waals surface area contributed by atoms with E-state index >= 15 is 0 Å². The molecule has 126 valence electrons. The van der Waals surface area contributed by atoms with Crippen molar-refractivity contribution in [1.29, 1.82) is 0 Å². The zero-order valence-corrected chi connectivity index (χ0v) is 15.5. The Labute approximate surface area is 142 Å². The van der Waals surface area contributed by atoms with E-state index in [9.17, 15) is 9.90 Å². The SMILES string of the molecule is CC(C)(C)c1cc(/C=C2/SCN(N)C2=O)cc(C(C)(C)C)c1O. The number of aromatic hydroxyl groups is 1. The number of hydrogen-bond acceptors (Lipinski definition) is 4. The number of nitrogens with two attached hydrogens (primary N) is 1. The topological polar surface area (TPSA) is 66.6 Å². The molecule has 3 N–H and O–H groups in total. The Morgan fingerprint density at radius 1 is 1.13 bits per heavy atom. The van der Waals surface area contributed by atoms with Crippen LogP contribution in [0.15, 0.2) is 17.0 Å². The van der Waals surface area contributed by atoms with Crippen LogP contribution in [0.5, 0.6) is 5.75 Å². The van der Waals surface area contributed by atoms with Crippen molar-refractivity contribution in [3.63, 3.8) is 0 Å². The summed E-state index contributed by atoms with van der Waals surface area (Å²) in [7, 11) is 0. The Bertz CT molecular complexity index is 632. The van der Waals surface area contributed by atoms with E-state index in [0.29, 0.717) is 16.5 Å². The van der Waals surface area contributed by atoms with Crippen LogP contribution < -0.4 is 5.84 Å². The van der Waals surface area contributed by atoms with Gasteiger partial charge in [0.05, 0.1) is 10.8 Å². The quantitative estimate of drug-likeness (QED) is 0.466. The van der Waals surface area contributed by atoms with Crippen LogP contribution in [0.1, 0.15) is 58.2 Å². The maximum Gasteiger partial charge on any atom is 0.275 e. The maximum atomic E-state index is 12.0. The van der Waals surface area contributed by atoms with E-state index in [-0.39, 0.29) is 16.7 Å². The van der Waals surface area contributed by atoms with Crippen molar-refractivity contribution in [3.8, 4) is 5.75 Å². The number of benzene rings is 1. The van der Waals surface area contributed by atoms with Gasteiger partial charge in [-0.1, -0.05) is 53.3 Å². The summed E-state index contributed by atoms with van der Waals surface area (Å²) in [5.41, 5.74) is 2.31. The van der Waals surface area contributed by atoms with Gasteiger partial charge < -0.3 is 5.11 Å². The van der Waals surface area contributed by atoms with E-state index in [2.05, 4.69) is 41.5 Å². The minimum absolute atomic E-state index is 0.155. The van der Waals surface area contributed by atoms with Gasteiger partial charge >= 0.3 is 0 Å². The minimum Gasteiger partial charge on any atom is -0.507 e. The summed E-state index contributed by atoms with van der Waals surface area (Å²) >= 11 is 1.43. The molecule has 1 heterocycles. The summed E-state index contributed by atoms with van der Waals surface area (Å²) < 4.78 is 0. The van der Waals surface area contributed by atoms with Gasteiger partial charge in [-0.3, -0.25) is 9.80 Å². The Kier molecular flexibility index (Phi) is 4.57. The van der Waals surface area contributed by atoms with Crippen molar-refractivity contribution >= 4 is 23.7 Å². The number of carbonyl (C=O) groups is 1. The normalized spacial score (nSPS) is 18.1. The van der Waals surface area contributed by atoms with E-state index < -0.39 is 0 Å². The fourth-order valence-corrected chi connectivity index (χ4v) is 3.39. The monoisotopic (exact) mass is 334 g/mol. The lowest BCUT2D eigenvalue weighted by Gasteiger charge is -2.28. The van der Waals surface area contributed by atoms with Crippen LogP contribution in [0, 0.1) is 0 Å². The summed E-state index contributed by atoms with van der Waals surface area (Å²) in [4.78, 5) is 12.6. The molecule has 1 saturated heterocycles. The molecule has 0 atom stereocenters. The second kappa shape index (κ2) is 5.87. The lowest BCUT2D eigenvalue weighted by molar-refractivity contribution is -0.124. The lowest BCUT2D eigenvalue weighted by Crippen LogP contribution is -2.31. The highest BCUT2D eigenvalue weighted by atomic mass is 32.2. The van der Waals surface area contributed by atoms with Crippen LogP contribution in [-0.2, 0) is 15.6 Å². The van der Waals surface area contributed by atoms with E-state index in [1.165, 1.54) is 16.8 Å². The van der Waals surface area contributed by atoms with Crippen molar-refractivity contribution in [2.45, 2.75) is 52.4 Å². The number of hydrazine groups is 1. The number of rotatable bonds is 1. The first kappa shape index (κ1) is 17.9. The molecule has 0 radical (unpaired) electrons. The summed E-state index contributed by atoms with van der Waals surface area (Å²) in [6.07, 6.45) is 1.86. The highest BCUT2D eigenvalue weighted by Crippen LogP contribution is 2.40. The minimum atomic E-state index is -0.189. The molecule has 1 aromatic rings. The summed E-state index contributed by atoms with van der Waals surface area (Å²) in [5, 5.41) is 11.9. The van der Waals surface area contributed by atoms with Gasteiger partial charge in [0.25, 0.3) is 5.91 Å². The molecule has 0 aliphatic carbocycles. The number of amides is 1. The third-order valence-corrected chi connectivity index (χ3v) is 4.89. The van der Waals surface area contributed by atoms with Gasteiger partial charge in [-0.2, -0.15) is 0 Å². The van der Waals surface area contributed by atoms with Gasteiger partial charge in [-0.25, -0.2) is 5.84 Å². The van der Waals surface area contributed by atoms with Crippen LogP contribution in [0.25, 0.3) is 6.08 Å². The van der Waals surface area contributed by atoms with Crippen LogP contribution in [0.3, 0.4) is 0 Å². The second-order valence-electron chi connectivity index (χ2n) is 8.02. The van der Waals surface area contributed by atoms with Crippen LogP contribution in [0.4, 0.5) is 0 Å². The number of phenols is 1. The van der Waals surface area contributed by atoms with Gasteiger partial charge in [-0.15, -0.1) is 0 Å². The first-order valence-electron chi connectivity index (χ1n) is 7.70. The van der Waals surface area contributed by atoms with E-state index in [1.807, 2.05) is 18.2 Å². The van der Waals surface area contributed by atoms with Crippen molar-refractivity contribution in [2.75, 3.05) is 5.88 Å². The molecule has 4 nitrogen and oxygen atoms in total. The molecule has 2 rings (SSSR count). The van der Waals surface area contributed by atoms with Crippen molar-refractivity contribution < 1.29 is 9.90 Å². The highest BCUT2D eigenvalue weighted by Gasteiger charge is 2.28. The Balaban J connectivity index is 2.62. The highest BCUT2D eigenvalue weighted by molar-refractivity contribution is 8.04. The Hall–Kier alpha value is -1.46. The fourth-order valence-electron chi connectivity index (χ4n) is 2.54. The summed E-state index contributed by atoms with van der Waals surface area (Å²) in [5.74, 6) is 6.29. The van der Waals surface area contributed by atoms with Gasteiger partial charge in [0.1, 0.15) is 5.75 Å². The second-order valence-corrected chi connectivity index (χ2v) is 9.01. The van der Waals surface area contributed by atoms with E-state index in [4.69, 9.17) is 5.84 Å². The van der Waals surface area contributed by atoms with Gasteiger partial charge in [0.2, 0.25) is 0 Å². The molecule has 1 aliphatic heterocycles. The summed E-state index contributed by atoms with van der Waals surface area (Å²) in [6.45, 7) is 12.4. The Morgan fingerprint density at radius 3 is 1.96 bits per heavy atom. The van der Waals surface area contributed by atoms with E-state index in [0.717, 1.165) is 16.7 Å². The molecule has 0 spiro atoms. The van der Waals surface area contributed by atoms with E-state index in [1.54, 1.807) is 0 Å². The third kappa shape index (κ3) is 3.72. The van der Waals surface area contributed by atoms with Crippen molar-refractivity contribution in [3.05, 3.63) is 33.7 Å². The predicted molar refractivity (Wildman–Crippen MR) is 97.0 cm³/mol. The smallest absolute Gasteiger partial charge is 0.275 e. The number of thioether (sulfide) groups is 1. The molecule has 0 saturated carbocycles. The molecular formula is C18H26N2O2S. The molecular weight excluding hydrogens is 308 g/mol. The number of nitrogens with zero attached hydrogens (tertiary/aromatic N) is 1. The van der Waals surface area contributed by atoms with Crippen molar-refractivity contribution in [1.82, 2.24) is 5.01 Å². The zero-order valence-electron chi connectivity index (χ0n) is 14.7. The van der Waals surface area contributed by atoms with Gasteiger partial charge in [-0.05, 0) is 34.6 Å². The number of carbonyl (C=O) groups excluding carboxylic acids is 1. The molecule has 23 heavy (non-hydrogen) atoms. The third-order valence-electron chi connectivity index (χ3n) is 3.88. The standard InChI is InChI=1S/C18H26N2O2S/c1-17(2,3)12-7-11(8-13(15(12)21)18(4,5)6)9-14-16(22)20(19)10-23-14/h7-9,21H,10,19H2,1-6H3/b14-9+. The first-order chi connectivity index (χ1) is 10.4.